The summed E-state index contributed by atoms with van der Waals surface area (Å²) in [4.78, 5) is 2.36. The minimum absolute atomic E-state index is 0.453. The van der Waals surface area contributed by atoms with Gasteiger partial charge in [0, 0.05) is 39.0 Å². The molecule has 0 amide bonds. The Morgan fingerprint density at radius 2 is 0.776 bits per heavy atom. The molecule has 314 valence electrons. The second-order valence-corrected chi connectivity index (χ2v) is 17.5. The van der Waals surface area contributed by atoms with Crippen LogP contribution in [0.4, 0.5) is 17.1 Å². The molecular weight excluding hydrogens is 811 g/mol. The molecule has 13 rings (SSSR count). The minimum atomic E-state index is -0.453. The number of hydrogen-bond donors (Lipinski definition) is 0. The molecule has 0 saturated carbocycles. The van der Waals surface area contributed by atoms with Crippen molar-refractivity contribution in [1.29, 1.82) is 0 Å². The summed E-state index contributed by atoms with van der Waals surface area (Å²) in [6, 6.07) is 94.6. The average molecular weight is 854 g/mol. The van der Waals surface area contributed by atoms with E-state index in [4.69, 9.17) is 4.42 Å². The second-order valence-electron chi connectivity index (χ2n) is 17.5. The van der Waals surface area contributed by atoms with Gasteiger partial charge in [-0.3, -0.25) is 0 Å². The van der Waals surface area contributed by atoms with Crippen molar-refractivity contribution in [3.63, 3.8) is 0 Å². The van der Waals surface area contributed by atoms with Gasteiger partial charge in [0.2, 0.25) is 0 Å². The molecule has 1 aliphatic carbocycles. The fourth-order valence-corrected chi connectivity index (χ4v) is 11.0. The molecule has 12 aromatic rings. The van der Waals surface area contributed by atoms with Crippen LogP contribution in [0, 0.1) is 0 Å². The van der Waals surface area contributed by atoms with Crippen LogP contribution < -0.4 is 4.90 Å². The van der Waals surface area contributed by atoms with E-state index in [-0.39, 0.29) is 0 Å². The topological polar surface area (TPSA) is 16.4 Å². The average Bonchev–Trinajstić information content (AvgIpc) is 3.96. The molecule has 0 bridgehead atoms. The molecule has 0 saturated heterocycles. The quantitative estimate of drug-likeness (QED) is 0.142. The Kier molecular flexibility index (Phi) is 9.11. The van der Waals surface area contributed by atoms with Gasteiger partial charge in [0.25, 0.3) is 0 Å². The van der Waals surface area contributed by atoms with E-state index in [0.29, 0.717) is 0 Å². The lowest BCUT2D eigenvalue weighted by Crippen LogP contribution is -2.28. The van der Waals surface area contributed by atoms with E-state index in [0.717, 1.165) is 67.0 Å². The third-order valence-electron chi connectivity index (χ3n) is 13.9. The molecular formula is C65H43NO. The summed E-state index contributed by atoms with van der Waals surface area (Å²) in [5.41, 5.74) is 17.0. The van der Waals surface area contributed by atoms with Crippen molar-refractivity contribution in [3.05, 3.63) is 283 Å². The van der Waals surface area contributed by atoms with Gasteiger partial charge >= 0.3 is 0 Å². The van der Waals surface area contributed by atoms with Gasteiger partial charge in [-0.25, -0.2) is 0 Å². The maximum absolute atomic E-state index is 7.02. The number of para-hydroxylation sites is 1. The SMILES string of the molecule is c1ccc(-c2oc3c4ccccc4c4ccc(-c5ccc(N(c6ccccc6)c6ccc(C7(c8ccccc8)c8ccccc8-c8ccccc87)cc6)cc5)cc4c3c2-c2ccccc2)cc1. The predicted molar refractivity (Wildman–Crippen MR) is 280 cm³/mol. The molecule has 0 spiro atoms. The standard InChI is InChI=1S/C65H43NO/c1-5-19-45(20-6-1)61-62-58-43-47(35-42-54(58)53-27-13-14-30-57(53)64(62)67-63(61)46-21-7-2-8-22-46)44-33-38-51(39-34-44)66(50-25-11-4-12-26-50)52-40-36-49(37-41-52)65(48-23-9-3-10-24-48)59-31-17-15-28-55(59)56-29-16-18-32-60(56)65/h1-43H. The molecule has 1 heterocycles. The van der Waals surface area contributed by atoms with Crippen LogP contribution >= 0.6 is 0 Å². The van der Waals surface area contributed by atoms with Crippen LogP contribution in [-0.4, -0.2) is 0 Å². The highest BCUT2D eigenvalue weighted by atomic mass is 16.3. The van der Waals surface area contributed by atoms with Crippen molar-refractivity contribution in [3.8, 4) is 44.7 Å². The number of hydrogen-bond acceptors (Lipinski definition) is 2. The van der Waals surface area contributed by atoms with Crippen molar-refractivity contribution in [1.82, 2.24) is 0 Å². The number of rotatable bonds is 8. The molecule has 1 aliphatic rings. The minimum Gasteiger partial charge on any atom is -0.455 e. The first-order valence-electron chi connectivity index (χ1n) is 23.1. The van der Waals surface area contributed by atoms with Crippen LogP contribution in [0.15, 0.2) is 265 Å². The summed E-state index contributed by atoms with van der Waals surface area (Å²) < 4.78 is 7.02. The number of anilines is 3. The van der Waals surface area contributed by atoms with Crippen LogP contribution in [0.5, 0.6) is 0 Å². The zero-order valence-electron chi connectivity index (χ0n) is 36.7. The summed E-state index contributed by atoms with van der Waals surface area (Å²) in [6.07, 6.45) is 0. The Hall–Kier alpha value is -8.72. The molecule has 0 unspecified atom stereocenters. The van der Waals surface area contributed by atoms with Gasteiger partial charge in [-0.2, -0.15) is 0 Å². The lowest BCUT2D eigenvalue weighted by atomic mass is 9.68. The highest BCUT2D eigenvalue weighted by molar-refractivity contribution is 6.29. The van der Waals surface area contributed by atoms with E-state index in [1.807, 2.05) is 0 Å². The molecule has 1 aromatic heterocycles. The van der Waals surface area contributed by atoms with Gasteiger partial charge < -0.3 is 9.32 Å². The molecule has 2 nitrogen and oxygen atoms in total. The van der Waals surface area contributed by atoms with Crippen molar-refractivity contribution >= 4 is 49.6 Å². The Bertz CT molecular complexity index is 3720. The van der Waals surface area contributed by atoms with Gasteiger partial charge in [-0.1, -0.05) is 218 Å². The number of benzene rings is 11. The molecule has 0 N–H and O–H groups in total. The second kappa shape index (κ2) is 15.8. The van der Waals surface area contributed by atoms with Crippen LogP contribution in [0.1, 0.15) is 22.3 Å². The highest BCUT2D eigenvalue weighted by Crippen LogP contribution is 2.56. The van der Waals surface area contributed by atoms with Crippen molar-refractivity contribution < 1.29 is 4.42 Å². The number of fused-ring (bicyclic) bond motifs is 9. The summed E-state index contributed by atoms with van der Waals surface area (Å²) in [5, 5.41) is 5.81. The lowest BCUT2D eigenvalue weighted by molar-refractivity contribution is 0.636. The zero-order valence-corrected chi connectivity index (χ0v) is 36.7. The Morgan fingerprint density at radius 1 is 0.313 bits per heavy atom. The van der Waals surface area contributed by atoms with Crippen molar-refractivity contribution in [2.75, 3.05) is 4.90 Å². The molecule has 0 fully saturated rings. The predicted octanol–water partition coefficient (Wildman–Crippen LogP) is 17.6. The molecule has 2 heteroatoms. The monoisotopic (exact) mass is 853 g/mol. The van der Waals surface area contributed by atoms with E-state index in [1.54, 1.807) is 0 Å². The van der Waals surface area contributed by atoms with Crippen LogP contribution in [-0.2, 0) is 5.41 Å². The zero-order chi connectivity index (χ0) is 44.3. The first-order valence-corrected chi connectivity index (χ1v) is 23.1. The fraction of sp³-hybridized carbons (Fsp3) is 0.0154. The van der Waals surface area contributed by atoms with Crippen LogP contribution in [0.2, 0.25) is 0 Å². The third-order valence-corrected chi connectivity index (χ3v) is 13.9. The molecule has 0 aliphatic heterocycles. The van der Waals surface area contributed by atoms with Crippen molar-refractivity contribution in [2.24, 2.45) is 0 Å². The first-order chi connectivity index (χ1) is 33.3. The van der Waals surface area contributed by atoms with Gasteiger partial charge in [0.05, 0.1) is 5.41 Å². The van der Waals surface area contributed by atoms with E-state index >= 15 is 0 Å². The van der Waals surface area contributed by atoms with Crippen molar-refractivity contribution in [2.45, 2.75) is 5.41 Å². The Morgan fingerprint density at radius 3 is 1.42 bits per heavy atom. The maximum atomic E-state index is 7.02. The van der Waals surface area contributed by atoms with Crippen LogP contribution in [0.3, 0.4) is 0 Å². The van der Waals surface area contributed by atoms with E-state index < -0.39 is 5.41 Å². The summed E-state index contributed by atoms with van der Waals surface area (Å²) in [5.74, 6) is 0.886. The first kappa shape index (κ1) is 38.7. The number of furan rings is 1. The summed E-state index contributed by atoms with van der Waals surface area (Å²) in [7, 11) is 0. The Labute approximate surface area is 390 Å². The number of nitrogens with zero attached hydrogens (tertiary/aromatic N) is 1. The Balaban J connectivity index is 0.938. The van der Waals surface area contributed by atoms with E-state index in [1.165, 1.54) is 49.5 Å². The summed E-state index contributed by atoms with van der Waals surface area (Å²) >= 11 is 0. The maximum Gasteiger partial charge on any atom is 0.143 e. The highest BCUT2D eigenvalue weighted by Gasteiger charge is 2.45. The normalized spacial score (nSPS) is 12.6. The molecule has 0 atom stereocenters. The largest absolute Gasteiger partial charge is 0.455 e. The van der Waals surface area contributed by atoms with Gasteiger partial charge in [0.15, 0.2) is 0 Å². The summed E-state index contributed by atoms with van der Waals surface area (Å²) in [6.45, 7) is 0. The van der Waals surface area contributed by atoms with Gasteiger partial charge in [-0.05, 0) is 109 Å². The van der Waals surface area contributed by atoms with Gasteiger partial charge in [-0.15, -0.1) is 0 Å². The van der Waals surface area contributed by atoms with Crippen LogP contribution in [0.25, 0.3) is 77.2 Å². The molecule has 67 heavy (non-hydrogen) atoms. The van der Waals surface area contributed by atoms with Gasteiger partial charge in [0.1, 0.15) is 11.3 Å². The van der Waals surface area contributed by atoms with E-state index in [9.17, 15) is 0 Å². The fourth-order valence-electron chi connectivity index (χ4n) is 11.0. The molecule has 0 radical (unpaired) electrons. The smallest absolute Gasteiger partial charge is 0.143 e. The lowest BCUT2D eigenvalue weighted by Gasteiger charge is -2.34. The molecule has 11 aromatic carbocycles. The third kappa shape index (κ3) is 6.11. The van der Waals surface area contributed by atoms with E-state index in [2.05, 4.69) is 266 Å².